The van der Waals surface area contributed by atoms with Gasteiger partial charge in [0.1, 0.15) is 11.2 Å². The van der Waals surface area contributed by atoms with Gasteiger partial charge in [0.05, 0.1) is 12.7 Å². The highest BCUT2D eigenvalue weighted by Crippen LogP contribution is 2.22. The first-order valence-electron chi connectivity index (χ1n) is 3.74. The highest BCUT2D eigenvalue weighted by Gasteiger charge is 2.06. The van der Waals surface area contributed by atoms with Crippen LogP contribution in [0.5, 0.6) is 0 Å². The van der Waals surface area contributed by atoms with Crippen LogP contribution in [-0.2, 0) is 6.54 Å². The van der Waals surface area contributed by atoms with Crippen molar-refractivity contribution in [3.63, 3.8) is 0 Å². The lowest BCUT2D eigenvalue weighted by molar-refractivity contribution is 1.01. The van der Waals surface area contributed by atoms with Gasteiger partial charge in [0, 0.05) is 15.5 Å². The highest BCUT2D eigenvalue weighted by atomic mass is 32.1. The number of thiazole rings is 1. The minimum Gasteiger partial charge on any atom is -0.294 e. The van der Waals surface area contributed by atoms with Crippen molar-refractivity contribution in [2.75, 3.05) is 0 Å². The van der Waals surface area contributed by atoms with Gasteiger partial charge in [-0.1, -0.05) is 5.11 Å². The molecule has 0 aliphatic rings. The number of hydrogen-bond acceptors (Lipinski definition) is 3. The molecule has 2 rings (SSSR count). The van der Waals surface area contributed by atoms with E-state index in [-0.39, 0.29) is 0 Å². The van der Waals surface area contributed by atoms with Crippen molar-refractivity contribution in [3.05, 3.63) is 33.5 Å². The smallest absolute Gasteiger partial charge is 0.119 e. The number of hydrogen-bond donors (Lipinski definition) is 0. The van der Waals surface area contributed by atoms with Gasteiger partial charge in [-0.3, -0.25) is 4.40 Å². The predicted octanol–water partition coefficient (Wildman–Crippen LogP) is 2.51. The quantitative estimate of drug-likeness (QED) is 0.410. The first kappa shape index (κ1) is 8.10. The van der Waals surface area contributed by atoms with Gasteiger partial charge >= 0.3 is 0 Å². The molecule has 2 aromatic rings. The third kappa shape index (κ3) is 1.26. The third-order valence-electron chi connectivity index (χ3n) is 1.87. The van der Waals surface area contributed by atoms with Crippen molar-refractivity contribution in [3.8, 4) is 0 Å². The van der Waals surface area contributed by atoms with Gasteiger partial charge in [-0.15, -0.1) is 11.3 Å². The molecule has 2 aromatic heterocycles. The molecule has 0 aliphatic carbocycles. The van der Waals surface area contributed by atoms with Gasteiger partial charge in [0.15, 0.2) is 0 Å². The lowest BCUT2D eigenvalue weighted by Crippen LogP contribution is -1.84. The molecule has 0 bridgehead atoms. The summed E-state index contributed by atoms with van der Waals surface area (Å²) in [6.07, 6.45) is 3.57. The van der Waals surface area contributed by atoms with E-state index in [9.17, 15) is 0 Å². The lowest BCUT2D eigenvalue weighted by atomic mass is 10.4. The Kier molecular flexibility index (Phi) is 1.92. The minimum absolute atomic E-state index is 0.425. The molecule has 0 unspecified atom stereocenters. The van der Waals surface area contributed by atoms with Gasteiger partial charge in [-0.05, 0) is 12.5 Å². The van der Waals surface area contributed by atoms with Crippen LogP contribution < -0.4 is 0 Å². The molecule has 0 amide bonds. The van der Waals surface area contributed by atoms with E-state index >= 15 is 0 Å². The average molecular weight is 193 g/mol. The van der Waals surface area contributed by atoms with E-state index in [1.165, 1.54) is 0 Å². The summed E-state index contributed by atoms with van der Waals surface area (Å²) in [5.41, 5.74) is 9.29. The van der Waals surface area contributed by atoms with E-state index in [0.717, 1.165) is 15.4 Å². The van der Waals surface area contributed by atoms with Crippen LogP contribution in [0.1, 0.15) is 10.6 Å². The van der Waals surface area contributed by atoms with Crippen LogP contribution in [0.3, 0.4) is 0 Å². The molecule has 2 heterocycles. The van der Waals surface area contributed by atoms with Crippen molar-refractivity contribution in [2.24, 2.45) is 5.11 Å². The van der Waals surface area contributed by atoms with Crippen LogP contribution in [0.15, 0.2) is 17.6 Å². The highest BCUT2D eigenvalue weighted by molar-refractivity contribution is 7.17. The fourth-order valence-electron chi connectivity index (χ4n) is 1.19. The third-order valence-corrected chi connectivity index (χ3v) is 3.06. The summed E-state index contributed by atoms with van der Waals surface area (Å²) in [6, 6.07) is 0. The maximum Gasteiger partial charge on any atom is 0.119 e. The minimum atomic E-state index is 0.425. The molecule has 0 fully saturated rings. The molecule has 13 heavy (non-hydrogen) atoms. The Morgan fingerprint density at radius 1 is 1.77 bits per heavy atom. The van der Waals surface area contributed by atoms with Crippen molar-refractivity contribution in [1.82, 2.24) is 9.38 Å². The van der Waals surface area contributed by atoms with Crippen LogP contribution in [0.25, 0.3) is 15.3 Å². The Bertz CT molecular complexity index is 476. The molecule has 0 aliphatic heterocycles. The van der Waals surface area contributed by atoms with E-state index in [1.807, 2.05) is 11.3 Å². The number of imidazole rings is 1. The second-order valence-electron chi connectivity index (χ2n) is 2.60. The lowest BCUT2D eigenvalue weighted by Gasteiger charge is -1.91. The summed E-state index contributed by atoms with van der Waals surface area (Å²) < 4.78 is 1.99. The summed E-state index contributed by atoms with van der Waals surface area (Å²) in [6.45, 7) is 2.42. The van der Waals surface area contributed by atoms with Gasteiger partial charge in [-0.2, -0.15) is 0 Å². The average Bonchev–Trinajstić information content (AvgIpc) is 2.67. The van der Waals surface area contributed by atoms with Gasteiger partial charge < -0.3 is 0 Å². The Balaban J connectivity index is 2.50. The molecule has 6 heteroatoms. The summed E-state index contributed by atoms with van der Waals surface area (Å²) in [5.74, 6) is 0. The zero-order valence-electron chi connectivity index (χ0n) is 7.01. The molecule has 0 aromatic carbocycles. The number of rotatable bonds is 2. The van der Waals surface area contributed by atoms with Crippen LogP contribution >= 0.6 is 11.3 Å². The molecule has 0 N–H and O–H groups in total. The van der Waals surface area contributed by atoms with Gasteiger partial charge in [0.2, 0.25) is 0 Å². The maximum atomic E-state index is 8.19. The van der Waals surface area contributed by atoms with Crippen LogP contribution in [0.2, 0.25) is 0 Å². The van der Waals surface area contributed by atoms with E-state index < -0.39 is 0 Å². The van der Waals surface area contributed by atoms with Crippen molar-refractivity contribution in [2.45, 2.75) is 13.5 Å². The fourth-order valence-corrected chi connectivity index (χ4v) is 2.20. The van der Waals surface area contributed by atoms with Crippen molar-refractivity contribution in [1.29, 1.82) is 0 Å². The topological polar surface area (TPSA) is 66.1 Å². The van der Waals surface area contributed by atoms with E-state index in [1.54, 1.807) is 23.9 Å². The van der Waals surface area contributed by atoms with Crippen LogP contribution in [0, 0.1) is 6.92 Å². The SMILES string of the molecule is Cc1c(CN=[N+]=[N-])sc2cncn12. The van der Waals surface area contributed by atoms with Gasteiger partial charge in [0.25, 0.3) is 0 Å². The molecule has 0 saturated heterocycles. The molecule has 0 radical (unpaired) electrons. The van der Waals surface area contributed by atoms with Crippen molar-refractivity contribution >= 4 is 16.2 Å². The molecule has 66 valence electrons. The predicted molar refractivity (Wildman–Crippen MR) is 50.7 cm³/mol. The number of azide groups is 1. The van der Waals surface area contributed by atoms with Crippen LogP contribution in [0.4, 0.5) is 0 Å². The Morgan fingerprint density at radius 2 is 2.62 bits per heavy atom. The summed E-state index contributed by atoms with van der Waals surface area (Å²) >= 11 is 1.61. The molecular weight excluding hydrogens is 186 g/mol. The zero-order valence-corrected chi connectivity index (χ0v) is 7.82. The van der Waals surface area contributed by atoms with Crippen LogP contribution in [-0.4, -0.2) is 9.38 Å². The second kappa shape index (κ2) is 3.08. The van der Waals surface area contributed by atoms with Crippen molar-refractivity contribution < 1.29 is 0 Å². The summed E-state index contributed by atoms with van der Waals surface area (Å²) in [4.78, 5) is 8.92. The molecular formula is C7H7N5S. The Hall–Kier alpha value is -1.52. The molecule has 0 spiro atoms. The van der Waals surface area contributed by atoms with E-state index in [0.29, 0.717) is 6.54 Å². The Labute approximate surface area is 78.3 Å². The number of fused-ring (bicyclic) bond motifs is 1. The normalized spacial score (nSPS) is 10.2. The number of nitrogens with zero attached hydrogens (tertiary/aromatic N) is 5. The monoisotopic (exact) mass is 193 g/mol. The molecule has 0 atom stereocenters. The molecule has 0 saturated carbocycles. The number of aromatic nitrogens is 2. The Morgan fingerprint density at radius 3 is 3.31 bits per heavy atom. The largest absolute Gasteiger partial charge is 0.294 e. The first-order chi connectivity index (χ1) is 6.33. The zero-order chi connectivity index (χ0) is 9.26. The summed E-state index contributed by atoms with van der Waals surface area (Å²) in [5, 5.41) is 3.53. The van der Waals surface area contributed by atoms with E-state index in [2.05, 4.69) is 15.0 Å². The molecule has 5 nitrogen and oxygen atoms in total. The van der Waals surface area contributed by atoms with Gasteiger partial charge in [-0.25, -0.2) is 4.98 Å². The fraction of sp³-hybridized carbons (Fsp3) is 0.286. The maximum absolute atomic E-state index is 8.19. The number of aryl methyl sites for hydroxylation is 1. The standard InChI is InChI=1S/C7H7N5S/c1-5-6(2-10-11-8)13-7-3-9-4-12(5)7/h3-4H,2H2,1H3. The summed E-state index contributed by atoms with van der Waals surface area (Å²) in [7, 11) is 0. The second-order valence-corrected chi connectivity index (χ2v) is 3.72. The first-order valence-corrected chi connectivity index (χ1v) is 4.56. The van der Waals surface area contributed by atoms with E-state index in [4.69, 9.17) is 5.53 Å².